The fraction of sp³-hybridized carbons (Fsp3) is 0.312. The number of aryl methyl sites for hydroxylation is 1. The molecule has 0 radical (unpaired) electrons. The van der Waals surface area contributed by atoms with Gasteiger partial charge in [-0.15, -0.1) is 0 Å². The fourth-order valence-electron chi connectivity index (χ4n) is 1.91. The lowest BCUT2D eigenvalue weighted by molar-refractivity contribution is 0.241. The van der Waals surface area contributed by atoms with Crippen LogP contribution in [0.1, 0.15) is 36.6 Å². The van der Waals surface area contributed by atoms with Crippen LogP contribution in [0.2, 0.25) is 0 Å². The Morgan fingerprint density at radius 2 is 1.74 bits per heavy atom. The summed E-state index contributed by atoms with van der Waals surface area (Å²) < 4.78 is 5.64. The van der Waals surface area contributed by atoms with E-state index in [-0.39, 0.29) is 12.1 Å². The van der Waals surface area contributed by atoms with Crippen molar-refractivity contribution in [3.63, 3.8) is 0 Å². The Hall–Kier alpha value is -1.87. The Bertz CT molecular complexity index is 535. The first-order valence-corrected chi connectivity index (χ1v) is 6.50. The number of hydrogen-bond donors (Lipinski definition) is 1. The third-order valence-corrected chi connectivity index (χ3v) is 2.90. The smallest absolute Gasteiger partial charge is 0.138 e. The minimum absolute atomic E-state index is 0.132. The van der Waals surface area contributed by atoms with Crippen LogP contribution in [0.4, 0.5) is 0 Å². The molecule has 1 atom stereocenters. The van der Waals surface area contributed by atoms with E-state index in [0.29, 0.717) is 0 Å². The van der Waals surface area contributed by atoms with Gasteiger partial charge in [0, 0.05) is 6.20 Å². The first kappa shape index (κ1) is 13.6. The van der Waals surface area contributed by atoms with E-state index in [9.17, 15) is 0 Å². The largest absolute Gasteiger partial charge is 0.489 e. The number of rotatable bonds is 4. The van der Waals surface area contributed by atoms with E-state index in [1.165, 1.54) is 5.56 Å². The molecule has 1 unspecified atom stereocenters. The molecular weight excluding hydrogens is 236 g/mol. The summed E-state index contributed by atoms with van der Waals surface area (Å²) in [4.78, 5) is 4.20. The van der Waals surface area contributed by atoms with Crippen molar-refractivity contribution >= 4 is 0 Å². The summed E-state index contributed by atoms with van der Waals surface area (Å²) in [7, 11) is 0. The van der Waals surface area contributed by atoms with Gasteiger partial charge in [0.1, 0.15) is 5.75 Å². The van der Waals surface area contributed by atoms with Crippen LogP contribution in [0.3, 0.4) is 0 Å². The third-order valence-electron chi connectivity index (χ3n) is 2.90. The molecular formula is C16H20N2O. The van der Waals surface area contributed by atoms with Gasteiger partial charge in [-0.25, -0.2) is 0 Å². The van der Waals surface area contributed by atoms with Gasteiger partial charge < -0.3 is 10.5 Å². The van der Waals surface area contributed by atoms with Crippen molar-refractivity contribution in [2.45, 2.75) is 32.9 Å². The van der Waals surface area contributed by atoms with E-state index in [1.54, 1.807) is 12.4 Å². The van der Waals surface area contributed by atoms with Gasteiger partial charge >= 0.3 is 0 Å². The maximum absolute atomic E-state index is 6.27. The summed E-state index contributed by atoms with van der Waals surface area (Å²) in [6, 6.07) is 10.0. The molecule has 1 aromatic carbocycles. The standard InChI is InChI=1S/C16H20N2O/c1-11(2)19-15-8-14(9-18-10-15)16(17)13-6-4-12(3)5-7-13/h4-11,16H,17H2,1-3H3. The van der Waals surface area contributed by atoms with Gasteiger partial charge in [0.25, 0.3) is 0 Å². The first-order chi connectivity index (χ1) is 9.06. The molecule has 3 nitrogen and oxygen atoms in total. The number of pyridine rings is 1. The lowest BCUT2D eigenvalue weighted by atomic mass is 10.00. The van der Waals surface area contributed by atoms with Gasteiger partial charge in [-0.05, 0) is 38.0 Å². The summed E-state index contributed by atoms with van der Waals surface area (Å²) in [5.41, 5.74) is 9.54. The van der Waals surface area contributed by atoms with Crippen LogP contribution in [0.25, 0.3) is 0 Å². The van der Waals surface area contributed by atoms with E-state index < -0.39 is 0 Å². The molecule has 2 aromatic rings. The molecule has 0 bridgehead atoms. The highest BCUT2D eigenvalue weighted by atomic mass is 16.5. The minimum Gasteiger partial charge on any atom is -0.489 e. The zero-order valence-electron chi connectivity index (χ0n) is 11.6. The number of aromatic nitrogens is 1. The molecule has 0 aliphatic heterocycles. The maximum atomic E-state index is 6.27. The number of ether oxygens (including phenoxy) is 1. The second-order valence-corrected chi connectivity index (χ2v) is 5.01. The van der Waals surface area contributed by atoms with Crippen LogP contribution >= 0.6 is 0 Å². The van der Waals surface area contributed by atoms with Crippen LogP contribution in [-0.4, -0.2) is 11.1 Å². The Labute approximate surface area is 114 Å². The third kappa shape index (κ3) is 3.55. The van der Waals surface area contributed by atoms with Crippen molar-refractivity contribution < 1.29 is 4.74 Å². The van der Waals surface area contributed by atoms with E-state index >= 15 is 0 Å². The quantitative estimate of drug-likeness (QED) is 0.913. The van der Waals surface area contributed by atoms with Crippen LogP contribution < -0.4 is 10.5 Å². The predicted octanol–water partition coefficient (Wildman–Crippen LogP) is 3.23. The van der Waals surface area contributed by atoms with Crippen molar-refractivity contribution in [3.8, 4) is 5.75 Å². The van der Waals surface area contributed by atoms with Crippen molar-refractivity contribution in [2.75, 3.05) is 0 Å². The zero-order valence-corrected chi connectivity index (χ0v) is 11.6. The molecule has 0 amide bonds. The summed E-state index contributed by atoms with van der Waals surface area (Å²) in [6.45, 7) is 6.05. The van der Waals surface area contributed by atoms with Gasteiger partial charge in [-0.1, -0.05) is 29.8 Å². The summed E-state index contributed by atoms with van der Waals surface area (Å²) >= 11 is 0. The molecule has 0 aliphatic carbocycles. The van der Waals surface area contributed by atoms with Gasteiger partial charge in [0.05, 0.1) is 18.3 Å². The van der Waals surface area contributed by atoms with Crippen LogP contribution in [0.5, 0.6) is 5.75 Å². The lowest BCUT2D eigenvalue weighted by Crippen LogP contribution is -2.13. The molecule has 1 heterocycles. The summed E-state index contributed by atoms with van der Waals surface area (Å²) in [5, 5.41) is 0. The second kappa shape index (κ2) is 5.85. The SMILES string of the molecule is Cc1ccc(C(N)c2cncc(OC(C)C)c2)cc1. The molecule has 0 saturated carbocycles. The average Bonchev–Trinajstić information content (AvgIpc) is 2.38. The lowest BCUT2D eigenvalue weighted by Gasteiger charge is -2.15. The molecule has 0 saturated heterocycles. The molecule has 0 aliphatic rings. The maximum Gasteiger partial charge on any atom is 0.138 e. The minimum atomic E-state index is -0.177. The highest BCUT2D eigenvalue weighted by molar-refractivity contribution is 5.34. The van der Waals surface area contributed by atoms with Gasteiger partial charge in [0.15, 0.2) is 0 Å². The summed E-state index contributed by atoms with van der Waals surface area (Å²) in [5.74, 6) is 0.759. The molecule has 2 N–H and O–H groups in total. The Balaban J connectivity index is 2.23. The summed E-state index contributed by atoms with van der Waals surface area (Å²) in [6.07, 6.45) is 3.64. The Morgan fingerprint density at radius 3 is 2.37 bits per heavy atom. The second-order valence-electron chi connectivity index (χ2n) is 5.01. The topological polar surface area (TPSA) is 48.1 Å². The van der Waals surface area contributed by atoms with Crippen molar-refractivity contribution in [1.82, 2.24) is 4.98 Å². The Kier molecular flexibility index (Phi) is 4.17. The average molecular weight is 256 g/mol. The molecule has 3 heteroatoms. The molecule has 100 valence electrons. The number of benzene rings is 1. The van der Waals surface area contributed by atoms with Crippen LogP contribution in [0.15, 0.2) is 42.7 Å². The molecule has 19 heavy (non-hydrogen) atoms. The van der Waals surface area contributed by atoms with Gasteiger partial charge in [-0.3, -0.25) is 4.98 Å². The highest BCUT2D eigenvalue weighted by Crippen LogP contribution is 2.22. The fourth-order valence-corrected chi connectivity index (χ4v) is 1.91. The predicted molar refractivity (Wildman–Crippen MR) is 77.2 cm³/mol. The monoisotopic (exact) mass is 256 g/mol. The molecule has 0 fully saturated rings. The van der Waals surface area contributed by atoms with Crippen molar-refractivity contribution in [2.24, 2.45) is 5.73 Å². The Morgan fingerprint density at radius 1 is 1.05 bits per heavy atom. The van der Waals surface area contributed by atoms with Crippen molar-refractivity contribution in [3.05, 3.63) is 59.4 Å². The van der Waals surface area contributed by atoms with E-state index in [2.05, 4.69) is 36.2 Å². The zero-order chi connectivity index (χ0) is 13.8. The molecule has 2 rings (SSSR count). The number of hydrogen-bond acceptors (Lipinski definition) is 3. The molecule has 1 aromatic heterocycles. The van der Waals surface area contributed by atoms with Gasteiger partial charge in [-0.2, -0.15) is 0 Å². The number of nitrogens with two attached hydrogens (primary N) is 1. The highest BCUT2D eigenvalue weighted by Gasteiger charge is 2.10. The van der Waals surface area contributed by atoms with E-state index in [4.69, 9.17) is 10.5 Å². The van der Waals surface area contributed by atoms with E-state index in [1.807, 2.05) is 19.9 Å². The number of nitrogens with zero attached hydrogens (tertiary/aromatic N) is 1. The first-order valence-electron chi connectivity index (χ1n) is 6.50. The normalized spacial score (nSPS) is 12.5. The van der Waals surface area contributed by atoms with Crippen molar-refractivity contribution in [1.29, 1.82) is 0 Å². The van der Waals surface area contributed by atoms with Crippen LogP contribution in [-0.2, 0) is 0 Å². The van der Waals surface area contributed by atoms with E-state index in [0.717, 1.165) is 16.9 Å². The molecule has 0 spiro atoms. The van der Waals surface area contributed by atoms with Crippen LogP contribution in [0, 0.1) is 6.92 Å². The van der Waals surface area contributed by atoms with Gasteiger partial charge in [0.2, 0.25) is 0 Å².